The van der Waals surface area contributed by atoms with Crippen molar-refractivity contribution in [2.45, 2.75) is 13.8 Å². The molecule has 0 N–H and O–H groups in total. The Hall–Kier alpha value is -1.18. The molecule has 0 fully saturated rings. The van der Waals surface area contributed by atoms with E-state index in [0.29, 0.717) is 17.4 Å². The van der Waals surface area contributed by atoms with Crippen molar-refractivity contribution >= 4 is 12.1 Å². The lowest BCUT2D eigenvalue weighted by Gasteiger charge is -1.94. The molecular weight excluding hydrogens is 128 g/mol. The van der Waals surface area contributed by atoms with Gasteiger partial charge in [-0.1, -0.05) is 6.58 Å². The number of carbonyl (C=O) groups is 2. The summed E-state index contributed by atoms with van der Waals surface area (Å²) in [5.74, 6) is -0.160. The number of aldehydes is 1. The van der Waals surface area contributed by atoms with E-state index in [1.54, 1.807) is 13.8 Å². The quantitative estimate of drug-likeness (QED) is 0.435. The van der Waals surface area contributed by atoms with E-state index in [4.69, 9.17) is 0 Å². The lowest BCUT2D eigenvalue weighted by molar-refractivity contribution is -0.112. The lowest BCUT2D eigenvalue weighted by Crippen LogP contribution is -1.99. The lowest BCUT2D eigenvalue weighted by atomic mass is 10.1. The zero-order valence-corrected chi connectivity index (χ0v) is 6.18. The van der Waals surface area contributed by atoms with Crippen LogP contribution in [0.1, 0.15) is 13.8 Å². The summed E-state index contributed by atoms with van der Waals surface area (Å²) in [5, 5.41) is 0. The van der Waals surface area contributed by atoms with Crippen LogP contribution in [0.3, 0.4) is 0 Å². The Bertz CT molecular complexity index is 199. The third-order valence-corrected chi connectivity index (χ3v) is 1.06. The van der Waals surface area contributed by atoms with E-state index in [9.17, 15) is 9.59 Å². The van der Waals surface area contributed by atoms with E-state index in [1.165, 1.54) is 6.08 Å². The number of allylic oxidation sites excluding steroid dienone is 3. The minimum absolute atomic E-state index is 0.160. The number of rotatable bonds is 3. The van der Waals surface area contributed by atoms with Crippen molar-refractivity contribution in [2.24, 2.45) is 0 Å². The minimum atomic E-state index is -0.160. The van der Waals surface area contributed by atoms with Gasteiger partial charge >= 0.3 is 0 Å². The van der Waals surface area contributed by atoms with E-state index in [-0.39, 0.29) is 5.78 Å². The van der Waals surface area contributed by atoms with Gasteiger partial charge in [-0.15, -0.1) is 0 Å². The van der Waals surface area contributed by atoms with E-state index in [0.717, 1.165) is 0 Å². The van der Waals surface area contributed by atoms with Crippen molar-refractivity contribution in [3.8, 4) is 0 Å². The van der Waals surface area contributed by atoms with Crippen LogP contribution in [0.15, 0.2) is 23.8 Å². The molecule has 0 heterocycles. The normalized spacial score (nSPS) is 10.8. The van der Waals surface area contributed by atoms with Crippen molar-refractivity contribution in [2.75, 3.05) is 0 Å². The molecule has 0 aliphatic rings. The van der Waals surface area contributed by atoms with Gasteiger partial charge in [0.1, 0.15) is 6.29 Å². The molecule has 2 heteroatoms. The van der Waals surface area contributed by atoms with Crippen molar-refractivity contribution in [3.05, 3.63) is 23.8 Å². The Kier molecular flexibility index (Phi) is 3.33. The molecule has 0 amide bonds. The van der Waals surface area contributed by atoms with Crippen LogP contribution in [-0.2, 0) is 9.59 Å². The summed E-state index contributed by atoms with van der Waals surface area (Å²) in [4.78, 5) is 20.8. The van der Waals surface area contributed by atoms with Crippen molar-refractivity contribution < 1.29 is 9.59 Å². The monoisotopic (exact) mass is 138 g/mol. The highest BCUT2D eigenvalue weighted by atomic mass is 16.1. The van der Waals surface area contributed by atoms with Gasteiger partial charge in [0, 0.05) is 0 Å². The van der Waals surface area contributed by atoms with Gasteiger partial charge in [-0.25, -0.2) is 0 Å². The third kappa shape index (κ3) is 2.40. The summed E-state index contributed by atoms with van der Waals surface area (Å²) in [6.45, 7) is 6.66. The van der Waals surface area contributed by atoms with E-state index < -0.39 is 0 Å². The first-order valence-corrected chi connectivity index (χ1v) is 2.92. The highest BCUT2D eigenvalue weighted by Gasteiger charge is 2.02. The zero-order valence-electron chi connectivity index (χ0n) is 6.18. The van der Waals surface area contributed by atoms with Gasteiger partial charge in [0.2, 0.25) is 0 Å². The number of ketones is 1. The average molecular weight is 138 g/mol. The number of hydrogen-bond acceptors (Lipinski definition) is 2. The molecule has 0 saturated heterocycles. The first-order chi connectivity index (χ1) is 4.59. The molecule has 0 spiro atoms. The third-order valence-electron chi connectivity index (χ3n) is 1.06. The van der Waals surface area contributed by atoms with Gasteiger partial charge in [0.05, 0.1) is 0 Å². The maximum Gasteiger partial charge on any atom is 0.183 e. The molecule has 0 aromatic rings. The van der Waals surface area contributed by atoms with E-state index in [2.05, 4.69) is 6.58 Å². The molecule has 0 aliphatic heterocycles. The molecule has 54 valence electrons. The fourth-order valence-electron chi connectivity index (χ4n) is 0.514. The maximum atomic E-state index is 10.9. The first kappa shape index (κ1) is 8.82. The van der Waals surface area contributed by atoms with E-state index in [1.807, 2.05) is 0 Å². The minimum Gasteiger partial charge on any atom is -0.299 e. The van der Waals surface area contributed by atoms with Crippen LogP contribution in [0.5, 0.6) is 0 Å². The predicted octanol–water partition coefficient (Wildman–Crippen LogP) is 1.28. The van der Waals surface area contributed by atoms with Gasteiger partial charge in [0.15, 0.2) is 5.78 Å². The Labute approximate surface area is 60.2 Å². The van der Waals surface area contributed by atoms with Gasteiger partial charge in [0.25, 0.3) is 0 Å². The Morgan fingerprint density at radius 2 is 1.90 bits per heavy atom. The van der Waals surface area contributed by atoms with Gasteiger partial charge < -0.3 is 0 Å². The molecule has 0 rings (SSSR count). The molecule has 0 aromatic carbocycles. The van der Waals surface area contributed by atoms with E-state index >= 15 is 0 Å². The number of carbonyl (C=O) groups excluding carboxylic acids is 2. The van der Waals surface area contributed by atoms with Crippen LogP contribution in [0, 0.1) is 0 Å². The molecule has 0 aromatic heterocycles. The number of hydrogen-bond donors (Lipinski definition) is 0. The van der Waals surface area contributed by atoms with Gasteiger partial charge in [-0.05, 0) is 31.1 Å². The van der Waals surface area contributed by atoms with Crippen molar-refractivity contribution in [3.63, 3.8) is 0 Å². The van der Waals surface area contributed by atoms with Crippen molar-refractivity contribution in [1.82, 2.24) is 0 Å². The fraction of sp³-hybridized carbons (Fsp3) is 0.250. The van der Waals surface area contributed by atoms with Crippen LogP contribution < -0.4 is 0 Å². The van der Waals surface area contributed by atoms with Crippen LogP contribution >= 0.6 is 0 Å². The highest BCUT2D eigenvalue weighted by Crippen LogP contribution is 2.00. The summed E-state index contributed by atoms with van der Waals surface area (Å²) in [5.41, 5.74) is 0.887. The predicted molar refractivity (Wildman–Crippen MR) is 39.6 cm³/mol. The smallest absolute Gasteiger partial charge is 0.183 e. The first-order valence-electron chi connectivity index (χ1n) is 2.92. The second kappa shape index (κ2) is 3.77. The zero-order chi connectivity index (χ0) is 8.15. The van der Waals surface area contributed by atoms with Gasteiger partial charge in [-0.3, -0.25) is 9.59 Å². The molecule has 10 heavy (non-hydrogen) atoms. The summed E-state index contributed by atoms with van der Waals surface area (Å²) >= 11 is 0. The largest absolute Gasteiger partial charge is 0.299 e. The molecule has 0 saturated carbocycles. The SMILES string of the molecule is C=C(C)C(=O)C(C)=CC=O. The molecule has 0 aliphatic carbocycles. The molecule has 2 nitrogen and oxygen atoms in total. The molecular formula is C8H10O2. The summed E-state index contributed by atoms with van der Waals surface area (Å²) < 4.78 is 0. The van der Waals surface area contributed by atoms with Crippen LogP contribution in [0.4, 0.5) is 0 Å². The molecule has 0 unspecified atom stereocenters. The average Bonchev–Trinajstić information content (AvgIpc) is 1.87. The molecule has 0 atom stereocenters. The number of Topliss-reactive ketones (excluding diaryl/α,β-unsaturated/α-hetero) is 1. The fourth-order valence-corrected chi connectivity index (χ4v) is 0.514. The van der Waals surface area contributed by atoms with Crippen LogP contribution in [0.2, 0.25) is 0 Å². The topological polar surface area (TPSA) is 34.1 Å². The van der Waals surface area contributed by atoms with Crippen LogP contribution in [-0.4, -0.2) is 12.1 Å². The van der Waals surface area contributed by atoms with Crippen molar-refractivity contribution in [1.29, 1.82) is 0 Å². The summed E-state index contributed by atoms with van der Waals surface area (Å²) in [7, 11) is 0. The molecule has 0 radical (unpaired) electrons. The summed E-state index contributed by atoms with van der Waals surface area (Å²) in [6, 6.07) is 0. The highest BCUT2D eigenvalue weighted by molar-refractivity contribution is 6.08. The second-order valence-electron chi connectivity index (χ2n) is 2.10. The maximum absolute atomic E-state index is 10.9. The Morgan fingerprint density at radius 3 is 2.20 bits per heavy atom. The Balaban J connectivity index is 4.36. The Morgan fingerprint density at radius 1 is 1.40 bits per heavy atom. The van der Waals surface area contributed by atoms with Gasteiger partial charge in [-0.2, -0.15) is 0 Å². The molecule has 0 bridgehead atoms. The van der Waals surface area contributed by atoms with Crippen LogP contribution in [0.25, 0.3) is 0 Å². The second-order valence-corrected chi connectivity index (χ2v) is 2.10. The standard InChI is InChI=1S/C8H10O2/c1-6(2)8(10)7(3)4-5-9/h4-5H,1H2,2-3H3. The summed E-state index contributed by atoms with van der Waals surface area (Å²) in [6.07, 6.45) is 1.83.